The van der Waals surface area contributed by atoms with Crippen molar-refractivity contribution in [3.8, 4) is 11.8 Å². The van der Waals surface area contributed by atoms with Gasteiger partial charge in [-0.25, -0.2) is 4.68 Å². The topological polar surface area (TPSA) is 153 Å². The second-order valence-electron chi connectivity index (χ2n) is 17.8. The fraction of sp³-hybridized carbons (Fsp3) is 0.467. The molecule has 4 aliphatic rings. The fourth-order valence-corrected chi connectivity index (χ4v) is 10.3. The number of hydrogen-bond donors (Lipinski definition) is 2. The van der Waals surface area contributed by atoms with Gasteiger partial charge in [0, 0.05) is 97.5 Å². The predicted octanol–water partition coefficient (Wildman–Crippen LogP) is 5.69. The van der Waals surface area contributed by atoms with Crippen LogP contribution in [0.4, 0.5) is 15.8 Å². The van der Waals surface area contributed by atoms with E-state index in [1.807, 2.05) is 30.3 Å². The van der Waals surface area contributed by atoms with Crippen molar-refractivity contribution >= 4 is 51.5 Å². The molecule has 0 spiro atoms. The van der Waals surface area contributed by atoms with Crippen LogP contribution in [0.15, 0.2) is 65.5 Å². The lowest BCUT2D eigenvalue weighted by atomic mass is 9.49. The first-order valence-electron chi connectivity index (χ1n) is 20.7. The smallest absolute Gasteiger partial charge is 0.275 e. The van der Waals surface area contributed by atoms with Gasteiger partial charge in [0.05, 0.1) is 16.0 Å². The van der Waals surface area contributed by atoms with E-state index in [0.29, 0.717) is 27.8 Å². The number of piperidine rings is 2. The van der Waals surface area contributed by atoms with Crippen LogP contribution in [0.3, 0.4) is 0 Å². The molecular weight excluding hydrogens is 787 g/mol. The van der Waals surface area contributed by atoms with Gasteiger partial charge in [-0.15, -0.1) is 5.10 Å². The lowest BCUT2D eigenvalue weighted by Crippen LogP contribution is -2.74. The summed E-state index contributed by atoms with van der Waals surface area (Å²) in [6.07, 6.45) is 2.11. The van der Waals surface area contributed by atoms with Crippen LogP contribution < -0.4 is 30.7 Å². The van der Waals surface area contributed by atoms with Crippen LogP contribution in [0, 0.1) is 34.0 Å². The Balaban J connectivity index is 0.801. The number of carbonyl (C=O) groups is 3. The Morgan fingerprint density at radius 1 is 0.900 bits per heavy atom. The van der Waals surface area contributed by atoms with Crippen molar-refractivity contribution < 1.29 is 23.5 Å². The number of benzene rings is 3. The first-order valence-corrected chi connectivity index (χ1v) is 21.1. The van der Waals surface area contributed by atoms with E-state index >= 15 is 4.39 Å². The molecule has 3 aliphatic heterocycles. The van der Waals surface area contributed by atoms with E-state index < -0.39 is 29.4 Å². The molecule has 4 heterocycles. The van der Waals surface area contributed by atoms with Crippen molar-refractivity contribution in [1.29, 1.82) is 5.26 Å². The Labute approximate surface area is 353 Å². The maximum absolute atomic E-state index is 15.3. The van der Waals surface area contributed by atoms with E-state index in [2.05, 4.69) is 64.2 Å². The summed E-state index contributed by atoms with van der Waals surface area (Å²) in [5, 5.41) is 19.2. The highest BCUT2D eigenvalue weighted by molar-refractivity contribution is 6.31. The molecule has 4 aromatic rings. The molecule has 15 heteroatoms. The highest BCUT2D eigenvalue weighted by Crippen LogP contribution is 2.55. The predicted molar refractivity (Wildman–Crippen MR) is 227 cm³/mol. The van der Waals surface area contributed by atoms with Crippen molar-refractivity contribution in [2.24, 2.45) is 16.7 Å². The number of nitrogens with one attached hydrogen (secondary N) is 2. The number of ether oxygens (including phenoxy) is 1. The molecule has 2 N–H and O–H groups in total. The Morgan fingerprint density at radius 2 is 1.57 bits per heavy atom. The molecule has 8 rings (SSSR count). The molecule has 4 fully saturated rings. The average molecular weight is 837 g/mol. The molecule has 3 saturated heterocycles. The monoisotopic (exact) mass is 836 g/mol. The molecule has 60 heavy (non-hydrogen) atoms. The molecule has 3 aromatic carbocycles. The molecule has 0 bridgehead atoms. The molecule has 1 saturated carbocycles. The summed E-state index contributed by atoms with van der Waals surface area (Å²) in [7, 11) is 0. The van der Waals surface area contributed by atoms with Crippen LogP contribution in [-0.2, 0) is 9.59 Å². The van der Waals surface area contributed by atoms with E-state index in [9.17, 15) is 24.4 Å². The Kier molecular flexibility index (Phi) is 11.1. The third kappa shape index (κ3) is 7.81. The molecule has 3 amide bonds. The second kappa shape index (κ2) is 16.2. The van der Waals surface area contributed by atoms with Gasteiger partial charge in [0.15, 0.2) is 0 Å². The summed E-state index contributed by atoms with van der Waals surface area (Å²) in [5.74, 6) is -0.846. The zero-order chi connectivity index (χ0) is 42.5. The third-order valence-electron chi connectivity index (χ3n) is 13.2. The maximum atomic E-state index is 15.3. The SMILES string of the molecule is CC1(C)[C@H](NC(=O)c2ccc(N3CCC(CN4CCN(c5ccc6c(=O)n(C7CCC(=O)NC7=O)nc(F)c6c5)CC4)CC3)cc2)C(C)(C)[C@H]1Oc1ccc(C#N)c(Cl)c1. The quantitative estimate of drug-likeness (QED) is 0.201. The lowest BCUT2D eigenvalue weighted by Gasteiger charge is -2.63. The molecule has 13 nitrogen and oxygen atoms in total. The van der Waals surface area contributed by atoms with Gasteiger partial charge in [0.2, 0.25) is 11.9 Å². The van der Waals surface area contributed by atoms with Gasteiger partial charge in [0.25, 0.3) is 17.4 Å². The van der Waals surface area contributed by atoms with Crippen LogP contribution >= 0.6 is 11.6 Å². The zero-order valence-corrected chi connectivity index (χ0v) is 35.1. The summed E-state index contributed by atoms with van der Waals surface area (Å²) in [6, 6.07) is 19.0. The first-order chi connectivity index (χ1) is 28.6. The lowest BCUT2D eigenvalue weighted by molar-refractivity contribution is -0.164. The Hall–Kier alpha value is -5.52. The molecule has 1 atom stereocenters. The zero-order valence-electron chi connectivity index (χ0n) is 34.3. The molecule has 314 valence electrons. The highest BCUT2D eigenvalue weighted by Gasteiger charge is 2.64. The standard InChI is InChI=1S/C45H50ClFN8O5/c1-44(2)42(45(3,4)43(44)60-32-11-7-29(25-48)35(46)24-32)50-39(57)28-5-8-30(9-6-28)53-17-15-27(16-18-53)26-52-19-21-54(22-20-52)31-10-12-33-34(23-31)38(47)51-55(41(33)59)36-13-14-37(56)49-40(36)58/h5-12,23-24,27,36,42-43H,13-22,26H2,1-4H3,(H,50,57)(H,49,56,58)/t36?,42-,43-. The number of aromatic nitrogens is 2. The first kappa shape index (κ1) is 41.2. The highest BCUT2D eigenvalue weighted by atomic mass is 35.5. The second-order valence-corrected chi connectivity index (χ2v) is 18.2. The van der Waals surface area contributed by atoms with Crippen molar-refractivity contribution in [3.05, 3.63) is 93.1 Å². The number of nitrogens with zero attached hydrogens (tertiary/aromatic N) is 6. The van der Waals surface area contributed by atoms with Crippen molar-refractivity contribution in [1.82, 2.24) is 25.3 Å². The minimum atomic E-state index is -1.03. The molecule has 0 radical (unpaired) electrons. The van der Waals surface area contributed by atoms with Crippen LogP contribution in [-0.4, -0.2) is 90.4 Å². The number of hydrogen-bond acceptors (Lipinski definition) is 10. The van der Waals surface area contributed by atoms with E-state index in [1.165, 1.54) is 0 Å². The van der Waals surface area contributed by atoms with E-state index in [1.54, 1.807) is 30.3 Å². The maximum Gasteiger partial charge on any atom is 0.275 e. The van der Waals surface area contributed by atoms with E-state index in [-0.39, 0.29) is 52.5 Å². The summed E-state index contributed by atoms with van der Waals surface area (Å²) < 4.78 is 22.5. The summed E-state index contributed by atoms with van der Waals surface area (Å²) in [4.78, 5) is 57.7. The van der Waals surface area contributed by atoms with Gasteiger partial charge in [-0.05, 0) is 79.8 Å². The van der Waals surface area contributed by atoms with Crippen LogP contribution in [0.2, 0.25) is 5.02 Å². The minimum Gasteiger partial charge on any atom is -0.489 e. The van der Waals surface area contributed by atoms with Crippen LogP contribution in [0.1, 0.15) is 75.3 Å². The normalized spacial score (nSPS) is 23.1. The minimum absolute atomic E-state index is 0.0608. The number of amides is 3. The molecular formula is C45H50ClFN8O5. The van der Waals surface area contributed by atoms with Gasteiger partial charge >= 0.3 is 0 Å². The number of fused-ring (bicyclic) bond motifs is 1. The van der Waals surface area contributed by atoms with Crippen LogP contribution in [0.5, 0.6) is 5.75 Å². The van der Waals surface area contributed by atoms with Crippen molar-refractivity contribution in [2.75, 3.05) is 55.6 Å². The third-order valence-corrected chi connectivity index (χ3v) is 13.5. The van der Waals surface area contributed by atoms with Gasteiger partial charge in [-0.2, -0.15) is 9.65 Å². The largest absolute Gasteiger partial charge is 0.489 e. The van der Waals surface area contributed by atoms with Crippen molar-refractivity contribution in [3.63, 3.8) is 0 Å². The number of halogens is 2. The summed E-state index contributed by atoms with van der Waals surface area (Å²) in [6.45, 7) is 14.5. The average Bonchev–Trinajstić information content (AvgIpc) is 3.23. The van der Waals surface area contributed by atoms with E-state index in [4.69, 9.17) is 16.3 Å². The molecule has 1 unspecified atom stereocenters. The van der Waals surface area contributed by atoms with Gasteiger partial charge < -0.3 is 19.9 Å². The van der Waals surface area contributed by atoms with E-state index in [0.717, 1.165) is 74.7 Å². The summed E-state index contributed by atoms with van der Waals surface area (Å²) in [5.41, 5.74) is 1.66. The number of carbonyl (C=O) groups excluding carboxylic acids is 3. The molecule has 1 aliphatic carbocycles. The number of nitriles is 1. The van der Waals surface area contributed by atoms with Crippen molar-refractivity contribution in [2.45, 2.75) is 71.6 Å². The Bertz CT molecular complexity index is 2420. The van der Waals surface area contributed by atoms with Crippen LogP contribution in [0.25, 0.3) is 10.8 Å². The summed E-state index contributed by atoms with van der Waals surface area (Å²) >= 11 is 6.25. The van der Waals surface area contributed by atoms with Gasteiger partial charge in [-0.3, -0.25) is 29.4 Å². The fourth-order valence-electron chi connectivity index (χ4n) is 10.1. The number of rotatable bonds is 9. The number of anilines is 2. The molecule has 1 aromatic heterocycles. The van der Waals surface area contributed by atoms with Gasteiger partial charge in [-0.1, -0.05) is 39.3 Å². The van der Waals surface area contributed by atoms with Gasteiger partial charge in [0.1, 0.15) is 24.0 Å². The number of piperazine rings is 1. The Morgan fingerprint density at radius 3 is 2.22 bits per heavy atom. The number of imide groups is 1.